The van der Waals surface area contributed by atoms with E-state index in [0.29, 0.717) is 5.92 Å². The minimum atomic E-state index is -0.300. The Labute approximate surface area is 117 Å². The number of hydrogen-bond acceptors (Lipinski definition) is 4. The third-order valence-electron chi connectivity index (χ3n) is 3.96. The van der Waals surface area contributed by atoms with Crippen molar-refractivity contribution in [1.82, 2.24) is 5.32 Å². The zero-order valence-electron chi connectivity index (χ0n) is 12.4. The van der Waals surface area contributed by atoms with Gasteiger partial charge in [0.25, 0.3) is 0 Å². The van der Waals surface area contributed by atoms with E-state index in [1.54, 1.807) is 7.11 Å². The van der Waals surface area contributed by atoms with Gasteiger partial charge in [-0.3, -0.25) is 5.32 Å². The van der Waals surface area contributed by atoms with Crippen LogP contribution in [0.5, 0.6) is 0 Å². The van der Waals surface area contributed by atoms with Gasteiger partial charge in [0.2, 0.25) is 0 Å². The fraction of sp³-hybridized carbons (Fsp3) is 0.933. The molecule has 0 amide bonds. The van der Waals surface area contributed by atoms with Gasteiger partial charge in [0.1, 0.15) is 5.54 Å². The Morgan fingerprint density at radius 2 is 2.21 bits per heavy atom. The van der Waals surface area contributed by atoms with Crippen molar-refractivity contribution in [3.63, 3.8) is 0 Å². The van der Waals surface area contributed by atoms with Gasteiger partial charge < -0.3 is 9.47 Å². The Hall–Kier alpha value is -0.630. The van der Waals surface area contributed by atoms with Crippen molar-refractivity contribution in [1.29, 1.82) is 5.26 Å². The van der Waals surface area contributed by atoms with Crippen LogP contribution in [0.1, 0.15) is 45.4 Å². The van der Waals surface area contributed by atoms with Crippen molar-refractivity contribution < 1.29 is 9.47 Å². The van der Waals surface area contributed by atoms with Gasteiger partial charge in [-0.2, -0.15) is 5.26 Å². The fourth-order valence-electron chi connectivity index (χ4n) is 2.87. The molecule has 2 atom stereocenters. The first-order chi connectivity index (χ1) is 9.29. The predicted octanol–water partition coefficient (Wildman–Crippen LogP) is 2.49. The van der Waals surface area contributed by atoms with E-state index in [1.165, 1.54) is 0 Å². The first-order valence-electron chi connectivity index (χ1n) is 7.52. The molecule has 4 heteroatoms. The number of nitrogens with zero attached hydrogens (tertiary/aromatic N) is 1. The largest absolute Gasteiger partial charge is 0.385 e. The number of hydrogen-bond donors (Lipinski definition) is 1. The molecule has 1 N–H and O–H groups in total. The first-order valence-corrected chi connectivity index (χ1v) is 7.52. The van der Waals surface area contributed by atoms with Crippen molar-refractivity contribution in [3.05, 3.63) is 0 Å². The monoisotopic (exact) mass is 268 g/mol. The van der Waals surface area contributed by atoms with E-state index in [-0.39, 0.29) is 5.54 Å². The Kier molecular flexibility index (Phi) is 8.04. The van der Waals surface area contributed by atoms with Gasteiger partial charge in [-0.1, -0.05) is 13.3 Å². The lowest BCUT2D eigenvalue weighted by Crippen LogP contribution is -2.47. The SMILES string of the molecule is CCCNC1(C#N)CCCC1CCOCCCOC. The van der Waals surface area contributed by atoms with E-state index in [2.05, 4.69) is 18.3 Å². The maximum Gasteiger partial charge on any atom is 0.109 e. The lowest BCUT2D eigenvalue weighted by molar-refractivity contribution is 0.0885. The third kappa shape index (κ3) is 5.10. The number of nitrogens with one attached hydrogen (secondary N) is 1. The van der Waals surface area contributed by atoms with Crippen molar-refractivity contribution in [2.24, 2.45) is 5.92 Å². The quantitative estimate of drug-likeness (QED) is 0.618. The number of rotatable bonds is 10. The zero-order valence-corrected chi connectivity index (χ0v) is 12.4. The summed E-state index contributed by atoms with van der Waals surface area (Å²) in [7, 11) is 1.71. The molecule has 1 saturated carbocycles. The van der Waals surface area contributed by atoms with Crippen molar-refractivity contribution >= 4 is 0 Å². The van der Waals surface area contributed by atoms with E-state index < -0.39 is 0 Å². The summed E-state index contributed by atoms with van der Waals surface area (Å²) in [4.78, 5) is 0. The highest BCUT2D eigenvalue weighted by molar-refractivity contribution is 5.13. The molecule has 1 rings (SSSR count). The Morgan fingerprint density at radius 1 is 1.37 bits per heavy atom. The molecule has 1 fully saturated rings. The van der Waals surface area contributed by atoms with Crippen LogP contribution in [-0.4, -0.2) is 39.0 Å². The maximum absolute atomic E-state index is 9.52. The summed E-state index contributed by atoms with van der Waals surface area (Å²) in [6.45, 7) is 5.33. The van der Waals surface area contributed by atoms with Crippen LogP contribution in [0.4, 0.5) is 0 Å². The summed E-state index contributed by atoms with van der Waals surface area (Å²) in [6.07, 6.45) is 6.28. The summed E-state index contributed by atoms with van der Waals surface area (Å²) in [5.74, 6) is 0.437. The van der Waals surface area contributed by atoms with E-state index in [4.69, 9.17) is 9.47 Å². The smallest absolute Gasteiger partial charge is 0.109 e. The fourth-order valence-corrected chi connectivity index (χ4v) is 2.87. The topological polar surface area (TPSA) is 54.3 Å². The van der Waals surface area contributed by atoms with Crippen LogP contribution in [0.3, 0.4) is 0 Å². The molecule has 0 saturated heterocycles. The zero-order chi connectivity index (χ0) is 14.0. The minimum Gasteiger partial charge on any atom is -0.385 e. The molecule has 110 valence electrons. The normalized spacial score (nSPS) is 26.5. The highest BCUT2D eigenvalue weighted by Crippen LogP contribution is 2.37. The molecule has 19 heavy (non-hydrogen) atoms. The van der Waals surface area contributed by atoms with Gasteiger partial charge in [0, 0.05) is 26.9 Å². The Balaban J connectivity index is 2.28. The summed E-state index contributed by atoms with van der Waals surface area (Å²) in [6, 6.07) is 2.54. The highest BCUT2D eigenvalue weighted by atomic mass is 16.5. The highest BCUT2D eigenvalue weighted by Gasteiger charge is 2.42. The number of methoxy groups -OCH3 is 1. The molecule has 4 nitrogen and oxygen atoms in total. The third-order valence-corrected chi connectivity index (χ3v) is 3.96. The van der Waals surface area contributed by atoms with Gasteiger partial charge in [-0.15, -0.1) is 0 Å². The van der Waals surface area contributed by atoms with E-state index in [0.717, 1.165) is 64.9 Å². The maximum atomic E-state index is 9.52. The predicted molar refractivity (Wildman–Crippen MR) is 75.9 cm³/mol. The molecule has 0 aliphatic heterocycles. The first kappa shape index (κ1) is 16.4. The lowest BCUT2D eigenvalue weighted by Gasteiger charge is -2.30. The van der Waals surface area contributed by atoms with Crippen LogP contribution >= 0.6 is 0 Å². The molecular formula is C15H28N2O2. The molecule has 0 heterocycles. The molecular weight excluding hydrogens is 240 g/mol. The van der Waals surface area contributed by atoms with E-state index in [1.807, 2.05) is 0 Å². The second kappa shape index (κ2) is 9.30. The van der Waals surface area contributed by atoms with Crippen LogP contribution in [0.2, 0.25) is 0 Å². The summed E-state index contributed by atoms with van der Waals surface area (Å²) < 4.78 is 10.6. The van der Waals surface area contributed by atoms with Crippen LogP contribution < -0.4 is 5.32 Å². The van der Waals surface area contributed by atoms with Crippen molar-refractivity contribution in [2.45, 2.75) is 51.0 Å². The minimum absolute atomic E-state index is 0.300. The van der Waals surface area contributed by atoms with Gasteiger partial charge >= 0.3 is 0 Å². The molecule has 0 bridgehead atoms. The van der Waals surface area contributed by atoms with Crippen molar-refractivity contribution in [2.75, 3.05) is 33.5 Å². The lowest BCUT2D eigenvalue weighted by atomic mass is 9.86. The molecule has 0 aromatic rings. The molecule has 0 spiro atoms. The van der Waals surface area contributed by atoms with E-state index in [9.17, 15) is 5.26 Å². The molecule has 1 aliphatic rings. The van der Waals surface area contributed by atoms with Crippen LogP contribution in [0.25, 0.3) is 0 Å². The molecule has 1 aliphatic carbocycles. The van der Waals surface area contributed by atoms with Gasteiger partial charge in [0.05, 0.1) is 6.07 Å². The standard InChI is InChI=1S/C15H28N2O2/c1-3-9-17-15(13-16)8-4-6-14(15)7-12-19-11-5-10-18-2/h14,17H,3-12H2,1-2H3. The Bertz CT molecular complexity index is 278. The average Bonchev–Trinajstić information content (AvgIpc) is 2.84. The van der Waals surface area contributed by atoms with Gasteiger partial charge in [-0.25, -0.2) is 0 Å². The average molecular weight is 268 g/mol. The molecule has 0 radical (unpaired) electrons. The summed E-state index contributed by atoms with van der Waals surface area (Å²) in [5, 5.41) is 13.0. The van der Waals surface area contributed by atoms with Gasteiger partial charge in [-0.05, 0) is 44.6 Å². The van der Waals surface area contributed by atoms with Crippen LogP contribution in [0.15, 0.2) is 0 Å². The second-order valence-electron chi connectivity index (χ2n) is 5.35. The summed E-state index contributed by atoms with van der Waals surface area (Å²) >= 11 is 0. The van der Waals surface area contributed by atoms with Crippen LogP contribution in [0, 0.1) is 17.2 Å². The van der Waals surface area contributed by atoms with Gasteiger partial charge in [0.15, 0.2) is 0 Å². The Morgan fingerprint density at radius 3 is 2.89 bits per heavy atom. The molecule has 2 unspecified atom stereocenters. The van der Waals surface area contributed by atoms with Crippen molar-refractivity contribution in [3.8, 4) is 6.07 Å². The van der Waals surface area contributed by atoms with Crippen LogP contribution in [-0.2, 0) is 9.47 Å². The van der Waals surface area contributed by atoms with E-state index >= 15 is 0 Å². The number of ether oxygens (including phenoxy) is 2. The molecule has 0 aromatic heterocycles. The number of nitriles is 1. The second-order valence-corrected chi connectivity index (χ2v) is 5.35. The summed E-state index contributed by atoms with van der Waals surface area (Å²) in [5.41, 5.74) is -0.300. The molecule has 0 aromatic carbocycles.